The smallest absolute Gasteiger partial charge is 0.228 e. The van der Waals surface area contributed by atoms with Crippen LogP contribution in [0.1, 0.15) is 53.4 Å². The third-order valence-corrected chi connectivity index (χ3v) is 5.31. The minimum Gasteiger partial charge on any atom is -0.512 e. The summed E-state index contributed by atoms with van der Waals surface area (Å²) in [4.78, 5) is 15.9. The van der Waals surface area contributed by atoms with Gasteiger partial charge in [-0.1, -0.05) is 27.7 Å². The van der Waals surface area contributed by atoms with Gasteiger partial charge < -0.3 is 14.3 Å². The number of carbonyl (C=O) groups excluding carboxylic acids is 1. The van der Waals surface area contributed by atoms with Crippen molar-refractivity contribution in [2.45, 2.75) is 53.4 Å². The number of para-hydroxylation sites is 1. The molecule has 0 saturated heterocycles. The van der Waals surface area contributed by atoms with Crippen LogP contribution in [0.4, 0.5) is 0 Å². The van der Waals surface area contributed by atoms with Crippen molar-refractivity contribution in [3.63, 3.8) is 0 Å². The van der Waals surface area contributed by atoms with Crippen molar-refractivity contribution in [2.75, 3.05) is 0 Å². The van der Waals surface area contributed by atoms with E-state index in [9.17, 15) is 9.90 Å². The molecule has 1 aromatic carbocycles. The Balaban J connectivity index is 0.000000312. The van der Waals surface area contributed by atoms with Gasteiger partial charge in [0.15, 0.2) is 5.78 Å². The summed E-state index contributed by atoms with van der Waals surface area (Å²) in [6, 6.07) is 14.0. The van der Waals surface area contributed by atoms with Crippen molar-refractivity contribution in [3.05, 3.63) is 66.8 Å². The first-order chi connectivity index (χ1) is 15.0. The quantitative estimate of drug-likeness (QED) is 0.156. The van der Waals surface area contributed by atoms with Crippen LogP contribution in [0, 0.1) is 17.9 Å². The summed E-state index contributed by atoms with van der Waals surface area (Å²) in [6.07, 6.45) is 8.18. The van der Waals surface area contributed by atoms with Crippen LogP contribution >= 0.6 is 0 Å². The van der Waals surface area contributed by atoms with Crippen LogP contribution in [0.25, 0.3) is 11.0 Å². The first-order valence-electron chi connectivity index (χ1n) is 10.9. The summed E-state index contributed by atoms with van der Waals surface area (Å²) in [5.74, 6) is 1.73. The third kappa shape index (κ3) is 7.92. The zero-order valence-electron chi connectivity index (χ0n) is 19.1. The second kappa shape index (κ2) is 14.6. The number of aromatic nitrogens is 1. The molecular formula is C26H32IrNO4-. The Kier molecular flexibility index (Phi) is 12.6. The number of ether oxygens (including phenoxy) is 1. The van der Waals surface area contributed by atoms with Gasteiger partial charge in [0.1, 0.15) is 5.58 Å². The molecule has 0 spiro atoms. The molecule has 3 aromatic rings. The fourth-order valence-electron chi connectivity index (χ4n) is 3.27. The van der Waals surface area contributed by atoms with E-state index in [-0.39, 0.29) is 43.5 Å². The van der Waals surface area contributed by atoms with Gasteiger partial charge in [0.25, 0.3) is 0 Å². The molecule has 175 valence electrons. The van der Waals surface area contributed by atoms with Gasteiger partial charge in [-0.3, -0.25) is 4.79 Å². The number of carbonyl (C=O) groups is 1. The van der Waals surface area contributed by atoms with E-state index in [1.807, 2.05) is 52.0 Å². The van der Waals surface area contributed by atoms with Crippen molar-refractivity contribution < 1.29 is 39.2 Å². The maximum Gasteiger partial charge on any atom is 0.228 e. The number of benzene rings is 1. The number of furan rings is 1. The van der Waals surface area contributed by atoms with Crippen molar-refractivity contribution in [1.29, 1.82) is 0 Å². The second-order valence-corrected chi connectivity index (χ2v) is 7.28. The number of fused-ring (bicyclic) bond motifs is 1. The number of pyridine rings is 1. The Morgan fingerprint density at radius 2 is 1.78 bits per heavy atom. The molecule has 5 nitrogen and oxygen atoms in total. The van der Waals surface area contributed by atoms with Crippen molar-refractivity contribution in [2.24, 2.45) is 11.8 Å². The van der Waals surface area contributed by atoms with Gasteiger partial charge in [0.2, 0.25) is 5.88 Å². The number of nitrogens with zero attached hydrogens (tertiary/aromatic N) is 1. The topological polar surface area (TPSA) is 72.6 Å². The molecule has 0 unspecified atom stereocenters. The van der Waals surface area contributed by atoms with Crippen LogP contribution in [-0.4, -0.2) is 15.9 Å². The summed E-state index contributed by atoms with van der Waals surface area (Å²) < 4.78 is 10.9. The van der Waals surface area contributed by atoms with Crippen LogP contribution in [0.15, 0.2) is 65.1 Å². The first-order valence-corrected chi connectivity index (χ1v) is 10.9. The summed E-state index contributed by atoms with van der Waals surface area (Å²) >= 11 is 0. The average molecular weight is 615 g/mol. The predicted octanol–water partition coefficient (Wildman–Crippen LogP) is 7.29. The largest absolute Gasteiger partial charge is 0.512 e. The maximum atomic E-state index is 11.7. The number of hydrogen-bond acceptors (Lipinski definition) is 5. The summed E-state index contributed by atoms with van der Waals surface area (Å²) in [7, 11) is 0. The Bertz CT molecular complexity index is 960. The molecule has 0 saturated carbocycles. The summed E-state index contributed by atoms with van der Waals surface area (Å²) in [6.45, 7) is 8.07. The molecular weight excluding hydrogens is 583 g/mol. The fourth-order valence-corrected chi connectivity index (χ4v) is 3.27. The van der Waals surface area contributed by atoms with Crippen LogP contribution in [0.5, 0.6) is 11.6 Å². The molecule has 0 aliphatic rings. The Morgan fingerprint density at radius 1 is 1.09 bits per heavy atom. The molecule has 0 aliphatic carbocycles. The van der Waals surface area contributed by atoms with Crippen LogP contribution in [0.3, 0.4) is 0 Å². The van der Waals surface area contributed by atoms with Gasteiger partial charge in [-0.2, -0.15) is 18.2 Å². The number of allylic oxidation sites excluding steroid dienone is 2. The molecule has 0 atom stereocenters. The number of hydrogen-bond donors (Lipinski definition) is 1. The zero-order chi connectivity index (χ0) is 22.6. The van der Waals surface area contributed by atoms with Gasteiger partial charge in [0, 0.05) is 50.0 Å². The van der Waals surface area contributed by atoms with Gasteiger partial charge in [-0.15, -0.1) is 12.1 Å². The number of ketones is 1. The third-order valence-electron chi connectivity index (χ3n) is 5.31. The molecule has 6 heteroatoms. The van der Waals surface area contributed by atoms with E-state index in [1.165, 1.54) is 6.08 Å². The Hall–Kier alpha value is -2.43. The number of aliphatic hydroxyl groups is 1. The summed E-state index contributed by atoms with van der Waals surface area (Å²) in [5, 5.41) is 10.6. The second-order valence-electron chi connectivity index (χ2n) is 7.28. The molecule has 32 heavy (non-hydrogen) atoms. The van der Waals surface area contributed by atoms with Crippen LogP contribution < -0.4 is 4.74 Å². The molecule has 0 bridgehead atoms. The molecule has 0 aliphatic heterocycles. The first kappa shape index (κ1) is 27.6. The van der Waals surface area contributed by atoms with Gasteiger partial charge in [-0.05, 0) is 37.8 Å². The van der Waals surface area contributed by atoms with E-state index >= 15 is 0 Å². The average Bonchev–Trinajstić information content (AvgIpc) is 3.27. The molecule has 3 rings (SSSR count). The standard InChI is InChI=1S/C13H8NO2.C13H24O2.Ir/c1-2-4-10(5-3-1)16-13-11-7-9-15-12(11)6-8-14-13;1-5-10(6-2)12(14)9-13(15)11(7-3)8-4;/h1-4,6-9H;9-11,14H,5-8H2,1-4H3;/q-1;;/b;12-9-;. The predicted molar refractivity (Wildman–Crippen MR) is 123 cm³/mol. The van der Waals surface area contributed by atoms with Gasteiger partial charge in [-0.25, -0.2) is 4.98 Å². The van der Waals surface area contributed by atoms with Crippen molar-refractivity contribution in [1.82, 2.24) is 4.98 Å². The molecule has 1 N–H and O–H groups in total. The number of rotatable bonds is 9. The van der Waals surface area contributed by atoms with Gasteiger partial charge >= 0.3 is 0 Å². The maximum absolute atomic E-state index is 11.7. The Morgan fingerprint density at radius 3 is 2.38 bits per heavy atom. The van der Waals surface area contributed by atoms with E-state index in [1.54, 1.807) is 24.6 Å². The Labute approximate surface area is 204 Å². The molecule has 0 fully saturated rings. The van der Waals surface area contributed by atoms with E-state index in [2.05, 4.69) is 11.1 Å². The van der Waals surface area contributed by atoms with Crippen LogP contribution in [0.2, 0.25) is 0 Å². The van der Waals surface area contributed by atoms with Crippen molar-refractivity contribution in [3.8, 4) is 11.6 Å². The van der Waals surface area contributed by atoms with Crippen molar-refractivity contribution >= 4 is 16.8 Å². The van der Waals surface area contributed by atoms with E-state index < -0.39 is 0 Å². The van der Waals surface area contributed by atoms with Gasteiger partial charge in [0.05, 0.1) is 17.4 Å². The monoisotopic (exact) mass is 615 g/mol. The minimum atomic E-state index is 0. The minimum absolute atomic E-state index is 0. The van der Waals surface area contributed by atoms with E-state index in [4.69, 9.17) is 9.15 Å². The van der Waals surface area contributed by atoms with E-state index in [0.717, 1.165) is 36.7 Å². The molecule has 1 radical (unpaired) electrons. The number of aliphatic hydroxyl groups excluding tert-OH is 1. The summed E-state index contributed by atoms with van der Waals surface area (Å²) in [5.41, 5.74) is 0.765. The fraction of sp³-hybridized carbons (Fsp3) is 0.385. The van der Waals surface area contributed by atoms with Crippen LogP contribution in [-0.2, 0) is 24.9 Å². The van der Waals surface area contributed by atoms with E-state index in [0.29, 0.717) is 11.6 Å². The normalized spacial score (nSPS) is 11.1. The molecule has 2 aromatic heterocycles. The molecule has 0 amide bonds. The molecule has 2 heterocycles. The SMILES string of the molecule is CCC(CC)C(=O)/C=C(\O)C(CC)CC.[Ir].[c-]1ccccc1Oc1nccc2occc12. The zero-order valence-corrected chi connectivity index (χ0v) is 21.5.